The molecule has 7 heteroatoms. The number of H-pyrrole nitrogens is 1. The molecule has 3 N–H and O–H groups in total. The Bertz CT molecular complexity index is 1310. The second-order valence-electron chi connectivity index (χ2n) is 7.49. The quantitative estimate of drug-likeness (QED) is 0.407. The van der Waals surface area contributed by atoms with Crippen molar-refractivity contribution in [3.63, 3.8) is 0 Å². The minimum absolute atomic E-state index is 0.102. The Balaban J connectivity index is 1.33. The highest BCUT2D eigenvalue weighted by Crippen LogP contribution is 2.32. The number of nitrogens with zero attached hydrogens (tertiary/aromatic N) is 2. The van der Waals surface area contributed by atoms with Gasteiger partial charge in [0.05, 0.1) is 30.3 Å². The Morgan fingerprint density at radius 3 is 2.53 bits per heavy atom. The van der Waals surface area contributed by atoms with Crippen molar-refractivity contribution < 1.29 is 14.6 Å². The van der Waals surface area contributed by atoms with Gasteiger partial charge in [-0.05, 0) is 42.0 Å². The van der Waals surface area contributed by atoms with Crippen molar-refractivity contribution in [1.29, 1.82) is 5.41 Å². The molecule has 160 valence electrons. The molecule has 4 aromatic rings. The molecule has 3 aromatic carbocycles. The number of rotatable bonds is 6. The number of fused-ring (bicyclic) bond motifs is 1. The third-order valence-electron chi connectivity index (χ3n) is 5.43. The monoisotopic (exact) mass is 426 g/mol. The number of imidazole rings is 1. The lowest BCUT2D eigenvalue weighted by atomic mass is 10.2. The Labute approximate surface area is 185 Å². The molecule has 1 aromatic heterocycles. The van der Waals surface area contributed by atoms with Crippen LogP contribution in [0.2, 0.25) is 0 Å². The summed E-state index contributed by atoms with van der Waals surface area (Å²) in [7, 11) is 1.61. The van der Waals surface area contributed by atoms with Crippen molar-refractivity contribution in [2.75, 3.05) is 18.6 Å². The average Bonchev–Trinajstić information content (AvgIpc) is 3.37. The maximum Gasteiger partial charge on any atom is 0.145 e. The lowest BCUT2D eigenvalue weighted by Crippen LogP contribution is -2.26. The summed E-state index contributed by atoms with van der Waals surface area (Å²) in [6, 6.07) is 23.0. The average molecular weight is 426 g/mol. The van der Waals surface area contributed by atoms with E-state index in [0.29, 0.717) is 23.8 Å². The van der Waals surface area contributed by atoms with Gasteiger partial charge in [0.1, 0.15) is 35.5 Å². The van der Waals surface area contributed by atoms with E-state index in [-0.39, 0.29) is 18.1 Å². The molecule has 2 heterocycles. The molecule has 0 unspecified atom stereocenters. The van der Waals surface area contributed by atoms with Gasteiger partial charge in [-0.1, -0.05) is 30.3 Å². The van der Waals surface area contributed by atoms with Crippen LogP contribution in [0.5, 0.6) is 11.5 Å². The van der Waals surface area contributed by atoms with Crippen LogP contribution in [0, 0.1) is 5.41 Å². The summed E-state index contributed by atoms with van der Waals surface area (Å²) in [5.74, 6) is 2.20. The number of nitrogens with one attached hydrogen (secondary N) is 2. The summed E-state index contributed by atoms with van der Waals surface area (Å²) in [6.07, 6.45) is 0. The molecule has 0 saturated carbocycles. The van der Waals surface area contributed by atoms with Gasteiger partial charge >= 0.3 is 0 Å². The summed E-state index contributed by atoms with van der Waals surface area (Å²) in [6.45, 7) is 0.696. The van der Waals surface area contributed by atoms with E-state index in [1.54, 1.807) is 12.0 Å². The maximum atomic E-state index is 10.6. The number of aromatic amines is 1. The Morgan fingerprint density at radius 2 is 1.78 bits per heavy atom. The molecule has 0 amide bonds. The number of aliphatic hydroxyl groups is 1. The van der Waals surface area contributed by atoms with Crippen molar-refractivity contribution in [3.05, 3.63) is 89.9 Å². The highest BCUT2D eigenvalue weighted by Gasteiger charge is 2.31. The molecule has 1 aliphatic heterocycles. The van der Waals surface area contributed by atoms with Gasteiger partial charge in [-0.3, -0.25) is 5.41 Å². The van der Waals surface area contributed by atoms with E-state index in [0.717, 1.165) is 28.0 Å². The number of ether oxygens (including phenoxy) is 2. The Kier molecular flexibility index (Phi) is 4.99. The zero-order valence-electron chi connectivity index (χ0n) is 17.5. The summed E-state index contributed by atoms with van der Waals surface area (Å²) < 4.78 is 11.1. The molecule has 32 heavy (non-hydrogen) atoms. The van der Waals surface area contributed by atoms with Gasteiger partial charge in [0.15, 0.2) is 0 Å². The van der Waals surface area contributed by atoms with Crippen molar-refractivity contribution >= 4 is 28.1 Å². The predicted octanol–water partition coefficient (Wildman–Crippen LogP) is 4.92. The van der Waals surface area contributed by atoms with Crippen LogP contribution in [-0.2, 0) is 6.61 Å². The molecule has 0 spiro atoms. The van der Waals surface area contributed by atoms with Gasteiger partial charge in [-0.15, -0.1) is 0 Å². The van der Waals surface area contributed by atoms with Gasteiger partial charge in [0.25, 0.3) is 0 Å². The van der Waals surface area contributed by atoms with Gasteiger partial charge in [0, 0.05) is 11.8 Å². The molecule has 0 radical (unpaired) electrons. The molecule has 0 fully saturated rings. The number of amidine groups is 1. The van der Waals surface area contributed by atoms with Crippen molar-refractivity contribution in [3.8, 4) is 11.5 Å². The Hall–Kier alpha value is -4.26. The standard InChI is InChI=1S/C25H22N4O3/c1-31-19-11-12-20-21(13-19)28-25(27-20)23-22(30)14-29(24(23)26)17-7-9-18(10-8-17)32-15-16-5-3-2-4-6-16/h2-13,26,30H,14-15H2,1H3,(H,27,28). The van der Waals surface area contributed by atoms with Crippen molar-refractivity contribution in [1.82, 2.24) is 9.97 Å². The van der Waals surface area contributed by atoms with Crippen LogP contribution < -0.4 is 14.4 Å². The SMILES string of the molecule is COc1ccc2nc(C3=C(O)CN(c4ccc(OCc5ccccc5)cc4)C3=N)[nH]c2c1. The smallest absolute Gasteiger partial charge is 0.145 e. The first-order chi connectivity index (χ1) is 15.6. The van der Waals surface area contributed by atoms with Crippen LogP contribution >= 0.6 is 0 Å². The molecule has 0 aliphatic carbocycles. The lowest BCUT2D eigenvalue weighted by molar-refractivity contribution is 0.306. The molecular formula is C25H22N4O3. The third kappa shape index (κ3) is 3.65. The first kappa shape index (κ1) is 19.7. The van der Waals surface area contributed by atoms with Crippen LogP contribution in [0.3, 0.4) is 0 Å². The highest BCUT2D eigenvalue weighted by atomic mass is 16.5. The number of aromatic nitrogens is 2. The number of benzene rings is 3. The zero-order valence-corrected chi connectivity index (χ0v) is 17.5. The lowest BCUT2D eigenvalue weighted by Gasteiger charge is -2.19. The minimum Gasteiger partial charge on any atom is -0.509 e. The normalized spacial score (nSPS) is 13.8. The topological polar surface area (TPSA) is 94.5 Å². The largest absolute Gasteiger partial charge is 0.509 e. The zero-order chi connectivity index (χ0) is 22.1. The number of anilines is 1. The molecule has 1 aliphatic rings. The summed E-state index contributed by atoms with van der Waals surface area (Å²) in [4.78, 5) is 9.48. The first-order valence-corrected chi connectivity index (χ1v) is 10.2. The fraction of sp³-hybridized carbons (Fsp3) is 0.120. The van der Waals surface area contributed by atoms with E-state index < -0.39 is 0 Å². The molecule has 0 atom stereocenters. The number of aliphatic hydroxyl groups excluding tert-OH is 1. The molecular weight excluding hydrogens is 404 g/mol. The highest BCUT2D eigenvalue weighted by molar-refractivity contribution is 6.30. The van der Waals surface area contributed by atoms with E-state index in [1.165, 1.54) is 0 Å². The molecule has 5 rings (SSSR count). The van der Waals surface area contributed by atoms with Gasteiger partial charge < -0.3 is 24.5 Å². The van der Waals surface area contributed by atoms with Crippen LogP contribution in [-0.4, -0.2) is 34.6 Å². The van der Waals surface area contributed by atoms with E-state index in [9.17, 15) is 5.11 Å². The van der Waals surface area contributed by atoms with E-state index in [1.807, 2.05) is 72.8 Å². The fourth-order valence-corrected chi connectivity index (χ4v) is 3.75. The molecule has 0 saturated heterocycles. The summed E-state index contributed by atoms with van der Waals surface area (Å²) in [5.41, 5.74) is 3.81. The van der Waals surface area contributed by atoms with Gasteiger partial charge in [-0.25, -0.2) is 4.98 Å². The van der Waals surface area contributed by atoms with Crippen molar-refractivity contribution in [2.45, 2.75) is 6.61 Å². The van der Waals surface area contributed by atoms with Crippen LogP contribution in [0.1, 0.15) is 11.4 Å². The third-order valence-corrected chi connectivity index (χ3v) is 5.43. The van der Waals surface area contributed by atoms with E-state index in [2.05, 4.69) is 9.97 Å². The van der Waals surface area contributed by atoms with Gasteiger partial charge in [-0.2, -0.15) is 0 Å². The number of hydrogen-bond acceptors (Lipinski definition) is 5. The van der Waals surface area contributed by atoms with E-state index >= 15 is 0 Å². The van der Waals surface area contributed by atoms with E-state index in [4.69, 9.17) is 14.9 Å². The first-order valence-electron chi connectivity index (χ1n) is 10.2. The minimum atomic E-state index is 0.102. The van der Waals surface area contributed by atoms with Gasteiger partial charge in [0.2, 0.25) is 0 Å². The maximum absolute atomic E-state index is 10.6. The molecule has 0 bridgehead atoms. The second-order valence-corrected chi connectivity index (χ2v) is 7.49. The second kappa shape index (κ2) is 8.11. The number of hydrogen-bond donors (Lipinski definition) is 3. The predicted molar refractivity (Wildman–Crippen MR) is 124 cm³/mol. The summed E-state index contributed by atoms with van der Waals surface area (Å²) >= 11 is 0. The van der Waals surface area contributed by atoms with Crippen LogP contribution in [0.15, 0.2) is 78.6 Å². The Morgan fingerprint density at radius 1 is 1.03 bits per heavy atom. The molecule has 7 nitrogen and oxygen atoms in total. The van der Waals surface area contributed by atoms with Crippen molar-refractivity contribution in [2.24, 2.45) is 0 Å². The fourth-order valence-electron chi connectivity index (χ4n) is 3.75. The van der Waals surface area contributed by atoms with Crippen LogP contribution in [0.25, 0.3) is 16.6 Å². The summed E-state index contributed by atoms with van der Waals surface area (Å²) in [5, 5.41) is 19.3. The number of methoxy groups -OCH3 is 1. The van der Waals surface area contributed by atoms with Crippen LogP contribution in [0.4, 0.5) is 5.69 Å².